The van der Waals surface area contributed by atoms with E-state index >= 15 is 0 Å². The van der Waals surface area contributed by atoms with E-state index in [4.69, 9.17) is 10.2 Å². The first kappa shape index (κ1) is 12.7. The molecule has 7 nitrogen and oxygen atoms in total. The summed E-state index contributed by atoms with van der Waals surface area (Å²) in [7, 11) is 3.29. The van der Waals surface area contributed by atoms with Gasteiger partial charge in [-0.3, -0.25) is 5.43 Å². The number of carbonyl (C=O) groups is 2. The van der Waals surface area contributed by atoms with Crippen molar-refractivity contribution >= 4 is 12.0 Å². The van der Waals surface area contributed by atoms with E-state index in [1.165, 1.54) is 5.01 Å². The predicted molar refractivity (Wildman–Crippen MR) is 48.5 cm³/mol. The average molecular weight is 205 g/mol. The molecule has 0 fully saturated rings. The van der Waals surface area contributed by atoms with Crippen LogP contribution in [-0.2, 0) is 4.79 Å². The van der Waals surface area contributed by atoms with Gasteiger partial charge in [0.25, 0.3) is 0 Å². The van der Waals surface area contributed by atoms with Crippen LogP contribution in [0.3, 0.4) is 0 Å². The molecule has 0 heterocycles. The van der Waals surface area contributed by atoms with E-state index in [1.807, 2.05) is 0 Å². The first-order valence-electron chi connectivity index (χ1n) is 4.06. The van der Waals surface area contributed by atoms with Crippen LogP contribution in [0.1, 0.15) is 6.42 Å². The van der Waals surface area contributed by atoms with Gasteiger partial charge in [-0.15, -0.1) is 0 Å². The first-order chi connectivity index (χ1) is 6.43. The molecule has 1 atom stereocenters. The number of aliphatic hydroxyl groups excluding tert-OH is 1. The molecule has 0 aromatic heterocycles. The van der Waals surface area contributed by atoms with Gasteiger partial charge in [0.2, 0.25) is 0 Å². The summed E-state index contributed by atoms with van der Waals surface area (Å²) < 4.78 is 0. The van der Waals surface area contributed by atoms with Crippen LogP contribution in [0, 0.1) is 0 Å². The quantitative estimate of drug-likeness (QED) is 0.413. The molecule has 0 saturated heterocycles. The predicted octanol–water partition coefficient (Wildman–Crippen LogP) is -1.40. The molecule has 0 aliphatic rings. The van der Waals surface area contributed by atoms with Crippen LogP contribution in [0.4, 0.5) is 4.79 Å². The van der Waals surface area contributed by atoms with Crippen molar-refractivity contribution in [3.8, 4) is 0 Å². The lowest BCUT2D eigenvalue weighted by Crippen LogP contribution is -2.44. The topological polar surface area (TPSA) is 102 Å². The number of nitrogens with one attached hydrogen (secondary N) is 2. The fraction of sp³-hybridized carbons (Fsp3) is 0.714. The van der Waals surface area contributed by atoms with Crippen molar-refractivity contribution in [1.29, 1.82) is 0 Å². The zero-order chi connectivity index (χ0) is 11.1. The zero-order valence-corrected chi connectivity index (χ0v) is 8.15. The summed E-state index contributed by atoms with van der Waals surface area (Å²) in [6.07, 6.45) is -1.45. The van der Waals surface area contributed by atoms with E-state index in [0.29, 0.717) is 0 Å². The molecule has 0 radical (unpaired) electrons. The monoisotopic (exact) mass is 205 g/mol. The molecule has 0 bridgehead atoms. The molecule has 82 valence electrons. The van der Waals surface area contributed by atoms with E-state index in [9.17, 15) is 9.59 Å². The normalized spacial score (nSPS) is 12.3. The Balaban J connectivity index is 3.54. The molecule has 0 unspecified atom stereocenters. The van der Waals surface area contributed by atoms with Crippen LogP contribution in [0.25, 0.3) is 0 Å². The van der Waals surface area contributed by atoms with Gasteiger partial charge in [-0.2, -0.15) is 0 Å². The number of amides is 2. The van der Waals surface area contributed by atoms with Crippen LogP contribution in [0.2, 0.25) is 0 Å². The van der Waals surface area contributed by atoms with Crippen molar-refractivity contribution in [2.45, 2.75) is 12.5 Å². The third-order valence-electron chi connectivity index (χ3n) is 1.31. The van der Waals surface area contributed by atoms with Crippen molar-refractivity contribution in [2.24, 2.45) is 0 Å². The lowest BCUT2D eigenvalue weighted by atomic mass is 10.2. The van der Waals surface area contributed by atoms with Crippen LogP contribution in [-0.4, -0.2) is 54.0 Å². The summed E-state index contributed by atoms with van der Waals surface area (Å²) in [5.41, 5.74) is 2.40. The molecule has 0 aliphatic carbocycles. The van der Waals surface area contributed by atoms with Crippen LogP contribution >= 0.6 is 0 Å². The van der Waals surface area contributed by atoms with Crippen molar-refractivity contribution in [2.75, 3.05) is 20.6 Å². The molecule has 0 aromatic rings. The number of urea groups is 1. The van der Waals surface area contributed by atoms with Crippen molar-refractivity contribution in [1.82, 2.24) is 15.8 Å². The summed E-state index contributed by atoms with van der Waals surface area (Å²) in [5.74, 6) is -1.29. The lowest BCUT2D eigenvalue weighted by Gasteiger charge is -2.13. The van der Waals surface area contributed by atoms with E-state index in [1.54, 1.807) is 14.1 Å². The summed E-state index contributed by atoms with van der Waals surface area (Å²) in [6.45, 7) is 0.104. The van der Waals surface area contributed by atoms with Crippen LogP contribution in [0.5, 0.6) is 0 Å². The second-order valence-corrected chi connectivity index (χ2v) is 2.90. The Morgan fingerprint density at radius 3 is 2.43 bits per heavy atom. The fourth-order valence-corrected chi connectivity index (χ4v) is 0.689. The number of aliphatic hydroxyl groups is 1. The maximum absolute atomic E-state index is 10.9. The third-order valence-corrected chi connectivity index (χ3v) is 1.31. The second kappa shape index (κ2) is 6.17. The van der Waals surface area contributed by atoms with Gasteiger partial charge >= 0.3 is 12.0 Å². The molecule has 0 aliphatic heterocycles. The van der Waals surface area contributed by atoms with Gasteiger partial charge in [-0.25, -0.2) is 14.6 Å². The highest BCUT2D eigenvalue weighted by atomic mass is 16.4. The lowest BCUT2D eigenvalue weighted by molar-refractivity contribution is -0.146. The number of aliphatic carboxylic acids is 1. The molecule has 0 saturated carbocycles. The minimum Gasteiger partial charge on any atom is -0.479 e. The zero-order valence-electron chi connectivity index (χ0n) is 8.15. The Morgan fingerprint density at radius 1 is 1.43 bits per heavy atom. The van der Waals surface area contributed by atoms with Gasteiger partial charge in [-0.1, -0.05) is 0 Å². The van der Waals surface area contributed by atoms with Gasteiger partial charge in [0.15, 0.2) is 6.10 Å². The number of hydrogen-bond donors (Lipinski definition) is 4. The molecular formula is C7H15N3O4. The SMILES string of the molecule is CN(C)NC(=O)NCC[C@H](O)C(=O)O. The smallest absolute Gasteiger partial charge is 0.332 e. The summed E-state index contributed by atoms with van der Waals surface area (Å²) in [4.78, 5) is 21.1. The highest BCUT2D eigenvalue weighted by Gasteiger charge is 2.12. The summed E-state index contributed by atoms with van der Waals surface area (Å²) in [6, 6.07) is -0.437. The minimum atomic E-state index is -1.44. The number of hydrazine groups is 1. The molecule has 0 spiro atoms. The van der Waals surface area contributed by atoms with Gasteiger partial charge in [0.1, 0.15) is 0 Å². The van der Waals surface area contributed by atoms with E-state index < -0.39 is 18.1 Å². The van der Waals surface area contributed by atoms with Gasteiger partial charge < -0.3 is 15.5 Å². The number of carboxylic acid groups (broad SMARTS) is 1. The Hall–Kier alpha value is -1.34. The third kappa shape index (κ3) is 6.21. The average Bonchev–Trinajstić information content (AvgIpc) is 2.02. The Bertz CT molecular complexity index is 207. The summed E-state index contributed by atoms with van der Waals surface area (Å²) >= 11 is 0. The van der Waals surface area contributed by atoms with E-state index in [0.717, 1.165) is 0 Å². The molecule has 4 N–H and O–H groups in total. The highest BCUT2D eigenvalue weighted by Crippen LogP contribution is 1.88. The standard InChI is InChI=1S/C7H15N3O4/c1-10(2)9-7(14)8-4-3-5(11)6(12)13/h5,11H,3-4H2,1-2H3,(H,12,13)(H2,8,9,14)/t5-/m0/s1. The summed E-state index contributed by atoms with van der Waals surface area (Å²) in [5, 5.41) is 21.0. The number of carboxylic acids is 1. The molecule has 7 heteroatoms. The van der Waals surface area contributed by atoms with Gasteiger partial charge in [0, 0.05) is 27.1 Å². The van der Waals surface area contributed by atoms with Crippen molar-refractivity contribution in [3.05, 3.63) is 0 Å². The largest absolute Gasteiger partial charge is 0.479 e. The fourth-order valence-electron chi connectivity index (χ4n) is 0.689. The van der Waals surface area contributed by atoms with Gasteiger partial charge in [-0.05, 0) is 0 Å². The molecule has 0 rings (SSSR count). The van der Waals surface area contributed by atoms with Gasteiger partial charge in [0.05, 0.1) is 0 Å². The maximum atomic E-state index is 10.9. The molecular weight excluding hydrogens is 190 g/mol. The van der Waals surface area contributed by atoms with Crippen molar-refractivity contribution < 1.29 is 19.8 Å². The van der Waals surface area contributed by atoms with Crippen LogP contribution < -0.4 is 10.7 Å². The maximum Gasteiger partial charge on any atom is 0.332 e. The second-order valence-electron chi connectivity index (χ2n) is 2.90. The first-order valence-corrected chi connectivity index (χ1v) is 4.06. The number of hydrogen-bond acceptors (Lipinski definition) is 4. The minimum absolute atomic E-state index is 0.0177. The molecule has 2 amide bonds. The van der Waals surface area contributed by atoms with E-state index in [-0.39, 0.29) is 13.0 Å². The Labute approximate surface area is 81.7 Å². The molecule has 0 aromatic carbocycles. The molecule has 14 heavy (non-hydrogen) atoms. The number of carbonyl (C=O) groups excluding carboxylic acids is 1. The number of nitrogens with zero attached hydrogens (tertiary/aromatic N) is 1. The highest BCUT2D eigenvalue weighted by molar-refractivity contribution is 5.74. The van der Waals surface area contributed by atoms with Crippen LogP contribution in [0.15, 0.2) is 0 Å². The van der Waals surface area contributed by atoms with E-state index in [2.05, 4.69) is 10.7 Å². The number of rotatable bonds is 5. The Kier molecular flexibility index (Phi) is 5.58. The van der Waals surface area contributed by atoms with Crippen molar-refractivity contribution in [3.63, 3.8) is 0 Å². The Morgan fingerprint density at radius 2 is 2.00 bits per heavy atom.